The lowest BCUT2D eigenvalue weighted by Gasteiger charge is -2.20. The van der Waals surface area contributed by atoms with Gasteiger partial charge in [-0.15, -0.1) is 0 Å². The zero-order chi connectivity index (χ0) is 16.4. The Bertz CT molecular complexity index is 674. The second-order valence-electron chi connectivity index (χ2n) is 4.16. The van der Waals surface area contributed by atoms with E-state index in [1.165, 1.54) is 6.07 Å². The molecule has 21 heavy (non-hydrogen) atoms. The molecule has 116 valence electrons. The number of carboxylic acid groups (broad SMARTS) is 1. The first-order valence-electron chi connectivity index (χ1n) is 5.51. The number of nitrogens with zero attached hydrogens (tertiary/aromatic N) is 1. The predicted molar refractivity (Wildman–Crippen MR) is 82.2 cm³/mol. The van der Waals surface area contributed by atoms with Gasteiger partial charge in [-0.05, 0) is 40.5 Å². The number of sulfonamides is 1. The van der Waals surface area contributed by atoms with E-state index < -0.39 is 35.0 Å². The molecule has 0 atom stereocenters. The van der Waals surface area contributed by atoms with Crippen LogP contribution >= 0.6 is 31.9 Å². The molecule has 0 unspecified atom stereocenters. The number of hydrogen-bond donors (Lipinski definition) is 2. The molecule has 7 nitrogen and oxygen atoms in total. The Morgan fingerprint density at radius 2 is 1.81 bits per heavy atom. The Morgan fingerprint density at radius 1 is 1.24 bits per heavy atom. The molecule has 0 saturated heterocycles. The molecule has 0 saturated carbocycles. The maximum absolute atomic E-state index is 12.5. The third-order valence-electron chi connectivity index (χ3n) is 2.47. The molecule has 0 aliphatic heterocycles. The second kappa shape index (κ2) is 6.86. The summed E-state index contributed by atoms with van der Waals surface area (Å²) in [5.41, 5.74) is 5.77. The Balaban J connectivity index is 3.38. The highest BCUT2D eigenvalue weighted by molar-refractivity contribution is 9.11. The fraction of sp³-hybridized carbons (Fsp3) is 0.273. The summed E-state index contributed by atoms with van der Waals surface area (Å²) in [6.07, 6.45) is 0. The van der Waals surface area contributed by atoms with E-state index >= 15 is 0 Å². The number of benzene rings is 1. The van der Waals surface area contributed by atoms with E-state index in [9.17, 15) is 18.0 Å². The van der Waals surface area contributed by atoms with Crippen LogP contribution in [0.4, 0.5) is 0 Å². The van der Waals surface area contributed by atoms with E-state index in [4.69, 9.17) is 10.8 Å². The van der Waals surface area contributed by atoms with Gasteiger partial charge in [0.05, 0.1) is 11.4 Å². The van der Waals surface area contributed by atoms with Crippen molar-refractivity contribution < 1.29 is 23.1 Å². The zero-order valence-electron chi connectivity index (χ0n) is 10.8. The van der Waals surface area contributed by atoms with Gasteiger partial charge in [-0.25, -0.2) is 8.42 Å². The van der Waals surface area contributed by atoms with Gasteiger partial charge in [-0.2, -0.15) is 4.31 Å². The molecule has 1 aromatic rings. The van der Waals surface area contributed by atoms with Crippen LogP contribution in [0, 0.1) is 6.92 Å². The zero-order valence-corrected chi connectivity index (χ0v) is 14.8. The average molecular weight is 444 g/mol. The van der Waals surface area contributed by atoms with Gasteiger partial charge in [-0.3, -0.25) is 9.59 Å². The number of halogens is 2. The fourth-order valence-electron chi connectivity index (χ4n) is 1.52. The van der Waals surface area contributed by atoms with Gasteiger partial charge in [-0.1, -0.05) is 15.9 Å². The minimum absolute atomic E-state index is 0.150. The van der Waals surface area contributed by atoms with Crippen molar-refractivity contribution in [1.29, 1.82) is 0 Å². The standard InChI is InChI=1S/C11H12Br2N2O5S/c1-6-2-8(13)9(3-7(6)12)21(19,20)15(4-10(14)16)5-11(17)18/h2-3H,4-5H2,1H3,(H2,14,16)(H,17,18). The lowest BCUT2D eigenvalue weighted by molar-refractivity contribution is -0.137. The van der Waals surface area contributed by atoms with Crippen molar-refractivity contribution in [2.45, 2.75) is 11.8 Å². The van der Waals surface area contributed by atoms with Crippen molar-refractivity contribution in [2.75, 3.05) is 13.1 Å². The monoisotopic (exact) mass is 442 g/mol. The number of carboxylic acids is 1. The second-order valence-corrected chi connectivity index (χ2v) is 7.78. The first kappa shape index (κ1) is 18.1. The summed E-state index contributed by atoms with van der Waals surface area (Å²) in [6, 6.07) is 2.91. The van der Waals surface area contributed by atoms with Crippen LogP contribution in [-0.4, -0.2) is 42.8 Å². The molecular formula is C11H12Br2N2O5S. The van der Waals surface area contributed by atoms with Gasteiger partial charge in [0, 0.05) is 8.95 Å². The Kier molecular flexibility index (Phi) is 5.91. The van der Waals surface area contributed by atoms with E-state index in [0.717, 1.165) is 5.56 Å². The first-order chi connectivity index (χ1) is 9.55. The van der Waals surface area contributed by atoms with E-state index in [1.807, 2.05) is 0 Å². The molecule has 1 rings (SSSR count). The van der Waals surface area contributed by atoms with Gasteiger partial charge in [0.15, 0.2) is 0 Å². The molecule has 10 heteroatoms. The number of amides is 1. The highest BCUT2D eigenvalue weighted by Crippen LogP contribution is 2.30. The van der Waals surface area contributed by atoms with Gasteiger partial charge in [0.2, 0.25) is 15.9 Å². The van der Waals surface area contributed by atoms with Gasteiger partial charge in [0.25, 0.3) is 0 Å². The molecule has 0 radical (unpaired) electrons. The number of nitrogens with two attached hydrogens (primary N) is 1. The number of primary amides is 1. The predicted octanol–water partition coefficient (Wildman–Crippen LogP) is 1.08. The fourth-order valence-corrected chi connectivity index (χ4v) is 4.51. The van der Waals surface area contributed by atoms with Crippen LogP contribution in [0.3, 0.4) is 0 Å². The lowest BCUT2D eigenvalue weighted by atomic mass is 10.2. The van der Waals surface area contributed by atoms with Crippen molar-refractivity contribution in [3.63, 3.8) is 0 Å². The van der Waals surface area contributed by atoms with Crippen LogP contribution in [0.1, 0.15) is 5.56 Å². The topological polar surface area (TPSA) is 118 Å². The maximum Gasteiger partial charge on any atom is 0.318 e. The average Bonchev–Trinajstić information content (AvgIpc) is 2.31. The SMILES string of the molecule is Cc1cc(Br)c(S(=O)(=O)N(CC(N)=O)CC(=O)O)cc1Br. The number of aliphatic carboxylic acids is 1. The van der Waals surface area contributed by atoms with Crippen molar-refractivity contribution in [3.05, 3.63) is 26.6 Å². The summed E-state index contributed by atoms with van der Waals surface area (Å²) in [4.78, 5) is 21.6. The Hall–Kier alpha value is -0.970. The van der Waals surface area contributed by atoms with Crippen molar-refractivity contribution in [3.8, 4) is 0 Å². The smallest absolute Gasteiger partial charge is 0.318 e. The molecule has 0 fully saturated rings. The molecule has 1 aromatic carbocycles. The van der Waals surface area contributed by atoms with Crippen molar-refractivity contribution in [1.82, 2.24) is 4.31 Å². The number of hydrogen-bond acceptors (Lipinski definition) is 4. The van der Waals surface area contributed by atoms with Crippen LogP contribution in [0.5, 0.6) is 0 Å². The van der Waals surface area contributed by atoms with Crippen molar-refractivity contribution >= 4 is 53.8 Å². The molecule has 0 aliphatic carbocycles. The summed E-state index contributed by atoms with van der Waals surface area (Å²) < 4.78 is 26.3. The molecular weight excluding hydrogens is 432 g/mol. The molecule has 0 bridgehead atoms. The van der Waals surface area contributed by atoms with Crippen LogP contribution < -0.4 is 5.73 Å². The van der Waals surface area contributed by atoms with E-state index in [1.54, 1.807) is 13.0 Å². The summed E-state index contributed by atoms with van der Waals surface area (Å²) in [6.45, 7) is 0.194. The molecule has 3 N–H and O–H groups in total. The van der Waals surface area contributed by atoms with Crippen molar-refractivity contribution in [2.24, 2.45) is 5.73 Å². The van der Waals surface area contributed by atoms with Gasteiger partial charge >= 0.3 is 5.97 Å². The molecule has 0 heterocycles. The molecule has 1 amide bonds. The highest BCUT2D eigenvalue weighted by Gasteiger charge is 2.30. The highest BCUT2D eigenvalue weighted by atomic mass is 79.9. The van der Waals surface area contributed by atoms with Crippen LogP contribution in [0.2, 0.25) is 0 Å². The minimum Gasteiger partial charge on any atom is -0.480 e. The summed E-state index contributed by atoms with van der Waals surface area (Å²) in [5.74, 6) is -2.33. The third-order valence-corrected chi connectivity index (χ3v) is 6.08. The van der Waals surface area contributed by atoms with Crippen LogP contribution in [-0.2, 0) is 19.6 Å². The third kappa shape index (κ3) is 4.50. The number of rotatable bonds is 6. The Labute approximate surface area is 138 Å². The van der Waals surface area contributed by atoms with E-state index in [0.29, 0.717) is 8.78 Å². The normalized spacial score (nSPS) is 11.6. The Morgan fingerprint density at radius 3 is 2.29 bits per heavy atom. The summed E-state index contributed by atoms with van der Waals surface area (Å²) >= 11 is 6.34. The number of aryl methyl sites for hydroxylation is 1. The van der Waals surface area contributed by atoms with Gasteiger partial charge < -0.3 is 10.8 Å². The minimum atomic E-state index is -4.19. The summed E-state index contributed by atoms with van der Waals surface area (Å²) in [5, 5.41) is 8.80. The molecule has 0 aromatic heterocycles. The quantitative estimate of drug-likeness (QED) is 0.681. The molecule has 0 aliphatic rings. The number of carbonyl (C=O) groups is 2. The van der Waals surface area contributed by atoms with E-state index in [2.05, 4.69) is 31.9 Å². The number of carbonyl (C=O) groups excluding carboxylic acids is 1. The largest absolute Gasteiger partial charge is 0.480 e. The van der Waals surface area contributed by atoms with Crippen LogP contribution in [0.15, 0.2) is 26.0 Å². The lowest BCUT2D eigenvalue weighted by Crippen LogP contribution is -2.41. The maximum atomic E-state index is 12.5. The van der Waals surface area contributed by atoms with Crippen LogP contribution in [0.25, 0.3) is 0 Å². The van der Waals surface area contributed by atoms with Gasteiger partial charge in [0.1, 0.15) is 6.54 Å². The van der Waals surface area contributed by atoms with E-state index in [-0.39, 0.29) is 9.37 Å². The summed E-state index contributed by atoms with van der Waals surface area (Å²) in [7, 11) is -4.19. The first-order valence-corrected chi connectivity index (χ1v) is 8.54. The molecule has 0 spiro atoms.